The van der Waals surface area contributed by atoms with E-state index in [1.165, 1.54) is 50.7 Å². The summed E-state index contributed by atoms with van der Waals surface area (Å²) in [5.74, 6) is -0.934. The Bertz CT molecular complexity index is 524. The van der Waals surface area contributed by atoms with Crippen molar-refractivity contribution in [2.75, 3.05) is 6.61 Å². The third-order valence-corrected chi connectivity index (χ3v) is 5.96. The molecule has 2 unspecified atom stereocenters. The van der Waals surface area contributed by atoms with Crippen molar-refractivity contribution >= 4 is 0 Å². The molecule has 2 aliphatic rings. The molecule has 3 rings (SSSR count). The van der Waals surface area contributed by atoms with Crippen LogP contribution in [0.15, 0.2) is 18.2 Å². The van der Waals surface area contributed by atoms with E-state index in [0.717, 1.165) is 18.4 Å². The van der Waals surface area contributed by atoms with Gasteiger partial charge >= 0.3 is 0 Å². The minimum atomic E-state index is -1.56. The fourth-order valence-corrected chi connectivity index (χ4v) is 4.52. The highest BCUT2D eigenvalue weighted by atomic mass is 19.1. The number of hydrogen-bond acceptors (Lipinski definition) is 2. The van der Waals surface area contributed by atoms with Crippen molar-refractivity contribution in [2.24, 2.45) is 17.8 Å². The van der Waals surface area contributed by atoms with Crippen molar-refractivity contribution in [2.45, 2.75) is 64.1 Å². The molecule has 0 bridgehead atoms. The Balaban J connectivity index is 1.57. The monoisotopic (exact) mass is 338 g/mol. The number of rotatable bonds is 4. The molecule has 1 saturated carbocycles. The van der Waals surface area contributed by atoms with Gasteiger partial charge in [-0.15, -0.1) is 0 Å². The molecule has 0 aromatic heterocycles. The molecule has 134 valence electrons. The SMILES string of the molecule is CCCC1CCC(C2CCC(O)(c3cc(F)cc(F)c3)OC2)CC1. The van der Waals surface area contributed by atoms with Crippen LogP contribution in [-0.2, 0) is 10.5 Å². The van der Waals surface area contributed by atoms with Gasteiger partial charge in [-0.2, -0.15) is 0 Å². The lowest BCUT2D eigenvalue weighted by atomic mass is 9.72. The summed E-state index contributed by atoms with van der Waals surface area (Å²) in [7, 11) is 0. The van der Waals surface area contributed by atoms with Crippen molar-refractivity contribution in [1.29, 1.82) is 0 Å². The summed E-state index contributed by atoms with van der Waals surface area (Å²) in [4.78, 5) is 0. The molecule has 2 atom stereocenters. The van der Waals surface area contributed by atoms with Crippen molar-refractivity contribution in [3.63, 3.8) is 0 Å². The van der Waals surface area contributed by atoms with Crippen molar-refractivity contribution < 1.29 is 18.6 Å². The largest absolute Gasteiger partial charge is 0.362 e. The summed E-state index contributed by atoms with van der Waals surface area (Å²) in [6, 6.07) is 3.14. The molecule has 1 aliphatic carbocycles. The van der Waals surface area contributed by atoms with Gasteiger partial charge in [-0.25, -0.2) is 8.78 Å². The quantitative estimate of drug-likeness (QED) is 0.823. The van der Waals surface area contributed by atoms with E-state index in [-0.39, 0.29) is 5.56 Å². The van der Waals surface area contributed by atoms with E-state index in [0.29, 0.717) is 24.9 Å². The predicted octanol–water partition coefficient (Wildman–Crippen LogP) is 5.14. The first-order chi connectivity index (χ1) is 11.5. The van der Waals surface area contributed by atoms with Crippen LogP contribution >= 0.6 is 0 Å². The van der Waals surface area contributed by atoms with Crippen LogP contribution in [-0.4, -0.2) is 11.7 Å². The molecule has 2 nitrogen and oxygen atoms in total. The lowest BCUT2D eigenvalue weighted by Crippen LogP contribution is -2.39. The van der Waals surface area contributed by atoms with Crippen LogP contribution in [0.5, 0.6) is 0 Å². The number of benzene rings is 1. The van der Waals surface area contributed by atoms with Gasteiger partial charge in [0, 0.05) is 18.1 Å². The van der Waals surface area contributed by atoms with Gasteiger partial charge in [0.2, 0.25) is 0 Å². The smallest absolute Gasteiger partial charge is 0.192 e. The number of aliphatic hydroxyl groups is 1. The van der Waals surface area contributed by atoms with E-state index in [2.05, 4.69) is 6.92 Å². The first-order valence-electron chi connectivity index (χ1n) is 9.33. The normalized spacial score (nSPS) is 34.2. The number of ether oxygens (including phenoxy) is 1. The zero-order valence-electron chi connectivity index (χ0n) is 14.4. The van der Waals surface area contributed by atoms with Crippen molar-refractivity contribution in [3.8, 4) is 0 Å². The van der Waals surface area contributed by atoms with Crippen molar-refractivity contribution in [1.82, 2.24) is 0 Å². The van der Waals surface area contributed by atoms with Gasteiger partial charge in [0.25, 0.3) is 0 Å². The third-order valence-electron chi connectivity index (χ3n) is 5.96. The van der Waals surface area contributed by atoms with Gasteiger partial charge in [0.05, 0.1) is 6.61 Å². The Hall–Kier alpha value is -1.00. The molecule has 1 aromatic carbocycles. The van der Waals surface area contributed by atoms with E-state index in [4.69, 9.17) is 4.74 Å². The summed E-state index contributed by atoms with van der Waals surface area (Å²) in [6.45, 7) is 2.72. The molecule has 1 aromatic rings. The van der Waals surface area contributed by atoms with E-state index in [9.17, 15) is 13.9 Å². The van der Waals surface area contributed by atoms with Gasteiger partial charge in [-0.05, 0) is 49.1 Å². The van der Waals surface area contributed by atoms with Crippen LogP contribution in [0.4, 0.5) is 8.78 Å². The Morgan fingerprint density at radius 3 is 2.25 bits per heavy atom. The standard InChI is InChI=1S/C20H28F2O2/c1-2-3-14-4-6-15(7-5-14)16-8-9-20(23,24-13-16)17-10-18(21)12-19(22)11-17/h10-12,14-16,23H,2-9,13H2,1H3. The molecular formula is C20H28F2O2. The van der Waals surface area contributed by atoms with Crippen molar-refractivity contribution in [3.05, 3.63) is 35.4 Å². The van der Waals surface area contributed by atoms with Crippen LogP contribution in [0.3, 0.4) is 0 Å². The highest BCUT2D eigenvalue weighted by Gasteiger charge is 2.39. The van der Waals surface area contributed by atoms with Gasteiger partial charge in [-0.1, -0.05) is 32.6 Å². The van der Waals surface area contributed by atoms with Gasteiger partial charge in [-0.3, -0.25) is 0 Å². The minimum absolute atomic E-state index is 0.185. The Morgan fingerprint density at radius 1 is 1.04 bits per heavy atom. The zero-order valence-corrected chi connectivity index (χ0v) is 14.4. The molecular weight excluding hydrogens is 310 g/mol. The molecule has 1 heterocycles. The highest BCUT2D eigenvalue weighted by Crippen LogP contribution is 2.42. The molecule has 1 N–H and O–H groups in total. The summed E-state index contributed by atoms with van der Waals surface area (Å²) < 4.78 is 32.6. The molecule has 1 aliphatic heterocycles. The van der Waals surface area contributed by atoms with E-state index >= 15 is 0 Å². The van der Waals surface area contributed by atoms with Gasteiger partial charge < -0.3 is 9.84 Å². The van der Waals surface area contributed by atoms with E-state index in [1.807, 2.05) is 0 Å². The Kier molecular flexibility index (Phi) is 5.56. The maximum atomic E-state index is 13.4. The topological polar surface area (TPSA) is 29.5 Å². The zero-order chi connectivity index (χ0) is 17.2. The fraction of sp³-hybridized carbons (Fsp3) is 0.700. The molecule has 2 fully saturated rings. The van der Waals surface area contributed by atoms with Gasteiger partial charge in [0.1, 0.15) is 11.6 Å². The first-order valence-corrected chi connectivity index (χ1v) is 9.33. The fourth-order valence-electron chi connectivity index (χ4n) is 4.52. The van der Waals surface area contributed by atoms with Crippen LogP contribution in [0, 0.1) is 29.4 Å². The second-order valence-corrected chi connectivity index (χ2v) is 7.62. The lowest BCUT2D eigenvalue weighted by Gasteiger charge is -2.41. The van der Waals surface area contributed by atoms with E-state index in [1.54, 1.807) is 0 Å². The average molecular weight is 338 g/mol. The van der Waals surface area contributed by atoms with Gasteiger partial charge in [0.15, 0.2) is 5.79 Å². The first kappa shape index (κ1) is 17.8. The predicted molar refractivity (Wildman–Crippen MR) is 89.3 cm³/mol. The molecule has 0 spiro atoms. The summed E-state index contributed by atoms with van der Waals surface area (Å²) >= 11 is 0. The number of halogens is 2. The van der Waals surface area contributed by atoms with E-state index < -0.39 is 17.4 Å². The summed E-state index contributed by atoms with van der Waals surface area (Å²) in [6.07, 6.45) is 8.92. The molecule has 0 amide bonds. The summed E-state index contributed by atoms with van der Waals surface area (Å²) in [5.41, 5.74) is 0.185. The molecule has 4 heteroatoms. The molecule has 24 heavy (non-hydrogen) atoms. The Morgan fingerprint density at radius 2 is 1.71 bits per heavy atom. The minimum Gasteiger partial charge on any atom is -0.362 e. The van der Waals surface area contributed by atoms with Crippen LogP contribution in [0.2, 0.25) is 0 Å². The average Bonchev–Trinajstić information content (AvgIpc) is 2.56. The summed E-state index contributed by atoms with van der Waals surface area (Å²) in [5, 5.41) is 10.7. The van der Waals surface area contributed by atoms with Crippen LogP contribution in [0.1, 0.15) is 63.9 Å². The van der Waals surface area contributed by atoms with Crippen LogP contribution in [0.25, 0.3) is 0 Å². The Labute approximate surface area is 143 Å². The van der Waals surface area contributed by atoms with Crippen LogP contribution < -0.4 is 0 Å². The second-order valence-electron chi connectivity index (χ2n) is 7.62. The lowest BCUT2D eigenvalue weighted by molar-refractivity contribution is -0.250. The highest BCUT2D eigenvalue weighted by molar-refractivity contribution is 5.22. The number of hydrogen-bond donors (Lipinski definition) is 1. The third kappa shape index (κ3) is 3.97. The molecule has 0 radical (unpaired) electrons. The molecule has 1 saturated heterocycles. The second kappa shape index (κ2) is 7.49. The maximum Gasteiger partial charge on any atom is 0.192 e. The maximum absolute atomic E-state index is 13.4.